The van der Waals surface area contributed by atoms with Crippen LogP contribution in [0.3, 0.4) is 0 Å². The van der Waals surface area contributed by atoms with E-state index in [9.17, 15) is 14.4 Å². The maximum absolute atomic E-state index is 12.9. The van der Waals surface area contributed by atoms with Crippen LogP contribution in [0.25, 0.3) is 0 Å². The number of ether oxygens (including phenoxy) is 3. The molecule has 0 N–H and O–H groups in total. The maximum Gasteiger partial charge on any atom is 0.306 e. The average molecular weight is 1070 g/mol. The molecule has 0 heterocycles. The Kier molecular flexibility index (Phi) is 60.8. The van der Waals surface area contributed by atoms with E-state index in [1.54, 1.807) is 0 Å². The number of hydrogen-bond donors (Lipinski definition) is 0. The molecule has 1 unspecified atom stereocenters. The lowest BCUT2D eigenvalue weighted by Gasteiger charge is -2.18. The Hall–Kier alpha value is -4.19. The van der Waals surface area contributed by atoms with Gasteiger partial charge in [0.2, 0.25) is 0 Å². The summed E-state index contributed by atoms with van der Waals surface area (Å²) in [4.78, 5) is 38.4. The van der Waals surface area contributed by atoms with E-state index in [1.807, 2.05) is 0 Å². The fourth-order valence-corrected chi connectivity index (χ4v) is 8.62. The largest absolute Gasteiger partial charge is 0.462 e. The molecule has 0 radical (unpaired) electrons. The predicted molar refractivity (Wildman–Crippen MR) is 334 cm³/mol. The predicted octanol–water partition coefficient (Wildman–Crippen LogP) is 22.0. The molecule has 0 aliphatic heterocycles. The van der Waals surface area contributed by atoms with E-state index < -0.39 is 6.10 Å². The molecule has 6 heteroatoms. The molecule has 0 saturated heterocycles. The van der Waals surface area contributed by atoms with Crippen molar-refractivity contribution in [1.82, 2.24) is 0 Å². The van der Waals surface area contributed by atoms with Crippen molar-refractivity contribution in [2.45, 2.75) is 297 Å². The van der Waals surface area contributed by atoms with Crippen molar-refractivity contribution < 1.29 is 28.6 Å². The Morgan fingerprint density at radius 1 is 0.273 bits per heavy atom. The topological polar surface area (TPSA) is 78.9 Å². The second-order valence-electron chi connectivity index (χ2n) is 20.9. The molecule has 0 fully saturated rings. The molecular formula is C71H118O6. The molecule has 0 spiro atoms. The van der Waals surface area contributed by atoms with E-state index in [1.165, 1.54) is 116 Å². The number of unbranched alkanes of at least 4 members (excludes halogenated alkanes) is 26. The van der Waals surface area contributed by atoms with Crippen molar-refractivity contribution in [3.63, 3.8) is 0 Å². The molecule has 0 bridgehead atoms. The van der Waals surface area contributed by atoms with Gasteiger partial charge in [0.15, 0.2) is 6.10 Å². The number of allylic oxidation sites excluding steroid dienone is 20. The number of hydrogen-bond acceptors (Lipinski definition) is 6. The Labute approximate surface area is 475 Å². The SMILES string of the molecule is CC/C=C\C/C=C\C/C=C\C/C=C\C/C=C\CCCCCCCCCC(=O)OCC(COC(=O)CCCCCCCCC/C=C\C/C=C\CCCCC)OC(=O)CCCCCCCC/C=C\C/C=C\C/C=C\CCCCC. The quantitative estimate of drug-likeness (QED) is 0.0261. The lowest BCUT2D eigenvalue weighted by Crippen LogP contribution is -2.30. The summed E-state index contributed by atoms with van der Waals surface area (Å²) in [6, 6.07) is 0. The van der Waals surface area contributed by atoms with Crippen LogP contribution in [0.1, 0.15) is 290 Å². The monoisotopic (exact) mass is 1070 g/mol. The second kappa shape index (κ2) is 64.3. The summed E-state index contributed by atoms with van der Waals surface area (Å²) in [5.74, 6) is -0.919. The third kappa shape index (κ3) is 62.5. The number of rotatable bonds is 57. The van der Waals surface area contributed by atoms with E-state index in [-0.39, 0.29) is 31.1 Å². The minimum absolute atomic E-state index is 0.0934. The zero-order valence-electron chi connectivity index (χ0n) is 50.2. The van der Waals surface area contributed by atoms with Crippen LogP contribution < -0.4 is 0 Å². The summed E-state index contributed by atoms with van der Waals surface area (Å²) in [6.45, 7) is 6.46. The zero-order valence-corrected chi connectivity index (χ0v) is 50.2. The molecule has 0 aromatic heterocycles. The first-order valence-corrected chi connectivity index (χ1v) is 32.0. The lowest BCUT2D eigenvalue weighted by atomic mass is 10.1. The van der Waals surface area contributed by atoms with Crippen molar-refractivity contribution in [2.75, 3.05) is 13.2 Å². The third-order valence-corrected chi connectivity index (χ3v) is 13.4. The Morgan fingerprint density at radius 3 is 0.792 bits per heavy atom. The molecule has 0 saturated carbocycles. The molecule has 0 aromatic carbocycles. The van der Waals surface area contributed by atoms with Crippen molar-refractivity contribution in [1.29, 1.82) is 0 Å². The summed E-state index contributed by atoms with van der Waals surface area (Å²) in [7, 11) is 0. The van der Waals surface area contributed by atoms with Gasteiger partial charge in [-0.3, -0.25) is 14.4 Å². The van der Waals surface area contributed by atoms with Gasteiger partial charge in [0.25, 0.3) is 0 Å². The Balaban J connectivity index is 4.45. The van der Waals surface area contributed by atoms with Crippen LogP contribution >= 0.6 is 0 Å². The van der Waals surface area contributed by atoms with Gasteiger partial charge >= 0.3 is 17.9 Å². The van der Waals surface area contributed by atoms with Gasteiger partial charge in [-0.1, -0.05) is 258 Å². The molecule has 77 heavy (non-hydrogen) atoms. The van der Waals surface area contributed by atoms with Crippen LogP contribution in [-0.4, -0.2) is 37.2 Å². The van der Waals surface area contributed by atoms with Crippen LogP contribution in [0.5, 0.6) is 0 Å². The van der Waals surface area contributed by atoms with E-state index >= 15 is 0 Å². The summed E-state index contributed by atoms with van der Waals surface area (Å²) < 4.78 is 16.9. The highest BCUT2D eigenvalue weighted by molar-refractivity contribution is 5.71. The minimum atomic E-state index is -0.799. The Bertz CT molecular complexity index is 1600. The highest BCUT2D eigenvalue weighted by atomic mass is 16.6. The highest BCUT2D eigenvalue weighted by Gasteiger charge is 2.19. The first kappa shape index (κ1) is 72.8. The van der Waals surface area contributed by atoms with Crippen LogP contribution in [0.15, 0.2) is 122 Å². The van der Waals surface area contributed by atoms with Crippen molar-refractivity contribution in [2.24, 2.45) is 0 Å². The fraction of sp³-hybridized carbons (Fsp3) is 0.676. The van der Waals surface area contributed by atoms with E-state index in [0.29, 0.717) is 19.3 Å². The summed E-state index contributed by atoms with van der Waals surface area (Å²) in [5, 5.41) is 0. The van der Waals surface area contributed by atoms with Crippen molar-refractivity contribution in [3.05, 3.63) is 122 Å². The molecule has 0 aliphatic carbocycles. The second-order valence-corrected chi connectivity index (χ2v) is 20.9. The minimum Gasteiger partial charge on any atom is -0.462 e. The molecule has 0 rings (SSSR count). The van der Waals surface area contributed by atoms with Gasteiger partial charge in [-0.2, -0.15) is 0 Å². The smallest absolute Gasteiger partial charge is 0.306 e. The van der Waals surface area contributed by atoms with Crippen LogP contribution in [0.4, 0.5) is 0 Å². The van der Waals surface area contributed by atoms with Crippen molar-refractivity contribution in [3.8, 4) is 0 Å². The summed E-state index contributed by atoms with van der Waals surface area (Å²) in [6.07, 6.45) is 89.0. The average Bonchev–Trinajstić information content (AvgIpc) is 3.43. The normalized spacial score (nSPS) is 12.9. The third-order valence-electron chi connectivity index (χ3n) is 13.4. The zero-order chi connectivity index (χ0) is 55.7. The van der Waals surface area contributed by atoms with E-state index in [2.05, 4.69) is 142 Å². The van der Waals surface area contributed by atoms with Gasteiger partial charge in [-0.15, -0.1) is 0 Å². The van der Waals surface area contributed by atoms with Gasteiger partial charge in [0.05, 0.1) is 0 Å². The van der Waals surface area contributed by atoms with Crippen LogP contribution in [0.2, 0.25) is 0 Å². The van der Waals surface area contributed by atoms with Crippen molar-refractivity contribution >= 4 is 17.9 Å². The first-order chi connectivity index (χ1) is 38.0. The van der Waals surface area contributed by atoms with Crippen LogP contribution in [-0.2, 0) is 28.6 Å². The lowest BCUT2D eigenvalue weighted by molar-refractivity contribution is -0.167. The number of carbonyl (C=O) groups is 3. The highest BCUT2D eigenvalue weighted by Crippen LogP contribution is 2.15. The molecule has 6 nitrogen and oxygen atoms in total. The van der Waals surface area contributed by atoms with Crippen LogP contribution in [0, 0.1) is 0 Å². The fourth-order valence-electron chi connectivity index (χ4n) is 8.62. The van der Waals surface area contributed by atoms with E-state index in [4.69, 9.17) is 14.2 Å². The first-order valence-electron chi connectivity index (χ1n) is 32.0. The molecule has 438 valence electrons. The van der Waals surface area contributed by atoms with E-state index in [0.717, 1.165) is 135 Å². The van der Waals surface area contributed by atoms with Gasteiger partial charge < -0.3 is 14.2 Å². The van der Waals surface area contributed by atoms with Gasteiger partial charge in [0.1, 0.15) is 13.2 Å². The Morgan fingerprint density at radius 2 is 0.506 bits per heavy atom. The molecule has 0 aliphatic rings. The summed E-state index contributed by atoms with van der Waals surface area (Å²) >= 11 is 0. The number of carbonyl (C=O) groups excluding carboxylic acids is 3. The summed E-state index contributed by atoms with van der Waals surface area (Å²) in [5.41, 5.74) is 0. The molecule has 0 amide bonds. The number of esters is 3. The molecule has 0 aromatic rings. The maximum atomic E-state index is 12.9. The van der Waals surface area contributed by atoms with Gasteiger partial charge in [-0.25, -0.2) is 0 Å². The van der Waals surface area contributed by atoms with Gasteiger partial charge in [0, 0.05) is 19.3 Å². The molecule has 1 atom stereocenters. The standard InChI is InChI=1S/C71H118O6/c1-4-7-10-13-16-19-22-25-28-31-33-34-35-36-38-40-43-46-49-52-55-58-61-64-70(73)76-67-68(66-75-69(72)63-60-57-54-51-48-45-42-39-30-27-24-21-18-15-12-9-6-3)77-71(74)65-62-59-56-53-50-47-44-41-37-32-29-26-23-20-17-14-11-8-5-2/h7,10,16-21,25-30,33-34,36-38,41,68H,4-6,8-9,11-15,22-24,31-32,35,39-40,42-67H2,1-3H3/b10-7-,19-16-,20-17-,21-18-,28-25-,29-26-,30-27-,34-33-,38-36-,41-37-. The van der Waals surface area contributed by atoms with Gasteiger partial charge in [-0.05, 0) is 135 Å². The molecular weight excluding hydrogens is 949 g/mol.